The van der Waals surface area contributed by atoms with Crippen molar-refractivity contribution in [1.29, 1.82) is 0 Å². The van der Waals surface area contributed by atoms with Gasteiger partial charge in [0.15, 0.2) is 11.0 Å². The molecule has 0 atom stereocenters. The van der Waals surface area contributed by atoms with E-state index in [4.69, 9.17) is 39.2 Å². The van der Waals surface area contributed by atoms with Gasteiger partial charge in [-0.15, -0.1) is 10.2 Å². The number of aromatic nitrogens is 3. The number of aryl methyl sites for hydroxylation is 1. The average Bonchev–Trinajstić information content (AvgIpc) is 3.23. The van der Waals surface area contributed by atoms with Gasteiger partial charge in [0.05, 0.1) is 5.02 Å². The van der Waals surface area contributed by atoms with E-state index in [2.05, 4.69) is 14.8 Å². The van der Waals surface area contributed by atoms with E-state index < -0.39 is 0 Å². The van der Waals surface area contributed by atoms with Crippen LogP contribution in [-0.4, -0.2) is 14.8 Å². The molecule has 0 amide bonds. The van der Waals surface area contributed by atoms with Gasteiger partial charge in [-0.25, -0.2) is 4.79 Å². The van der Waals surface area contributed by atoms with Gasteiger partial charge in [0, 0.05) is 38.9 Å². The summed E-state index contributed by atoms with van der Waals surface area (Å²) in [5.74, 6) is 1.27. The van der Waals surface area contributed by atoms with Gasteiger partial charge in [0.1, 0.15) is 5.58 Å². The highest BCUT2D eigenvalue weighted by atomic mass is 35.5. The molecular weight excluding hydrogens is 513 g/mol. The molecule has 0 N–H and O–H groups in total. The predicted molar refractivity (Wildman–Crippen MR) is 139 cm³/mol. The van der Waals surface area contributed by atoms with Gasteiger partial charge in [-0.05, 0) is 61.2 Å². The van der Waals surface area contributed by atoms with Gasteiger partial charge in [0.25, 0.3) is 0 Å². The Morgan fingerprint density at radius 3 is 2.59 bits per heavy atom. The average molecular weight is 535 g/mol. The van der Waals surface area contributed by atoms with Crippen molar-refractivity contribution in [2.45, 2.75) is 56.0 Å². The lowest BCUT2D eigenvalue weighted by molar-refractivity contribution is 0.339. The van der Waals surface area contributed by atoms with E-state index in [0.717, 1.165) is 45.9 Å². The predicted octanol–water partition coefficient (Wildman–Crippen LogP) is 8.12. The molecule has 176 valence electrons. The highest BCUT2D eigenvalue weighted by Crippen LogP contribution is 2.39. The number of nitrogens with zero attached hydrogens (tertiary/aromatic N) is 3. The fourth-order valence-electron chi connectivity index (χ4n) is 4.51. The maximum atomic E-state index is 12.2. The molecule has 0 spiro atoms. The third-order valence-electron chi connectivity index (χ3n) is 6.24. The van der Waals surface area contributed by atoms with Crippen molar-refractivity contribution < 1.29 is 4.42 Å². The summed E-state index contributed by atoms with van der Waals surface area (Å²) >= 11 is 20.6. The molecule has 0 unspecified atom stereocenters. The molecule has 0 saturated heterocycles. The van der Waals surface area contributed by atoms with E-state index in [9.17, 15) is 4.79 Å². The second-order valence-corrected chi connectivity index (χ2v) is 10.8. The van der Waals surface area contributed by atoms with Gasteiger partial charge >= 0.3 is 5.63 Å². The molecule has 0 aliphatic heterocycles. The third kappa shape index (κ3) is 4.74. The van der Waals surface area contributed by atoms with Crippen molar-refractivity contribution in [2.75, 3.05) is 0 Å². The van der Waals surface area contributed by atoms with Crippen LogP contribution in [0.5, 0.6) is 0 Å². The van der Waals surface area contributed by atoms with Gasteiger partial charge in [-0.3, -0.25) is 4.57 Å². The topological polar surface area (TPSA) is 60.9 Å². The summed E-state index contributed by atoms with van der Waals surface area (Å²) in [5, 5.41) is 12.5. The zero-order valence-electron chi connectivity index (χ0n) is 18.5. The van der Waals surface area contributed by atoms with Crippen LogP contribution in [0.25, 0.3) is 22.4 Å². The molecule has 2 aromatic carbocycles. The third-order valence-corrected chi connectivity index (χ3v) is 8.19. The Kier molecular flexibility index (Phi) is 6.94. The molecule has 4 aromatic rings. The van der Waals surface area contributed by atoms with Gasteiger partial charge in [-0.2, -0.15) is 0 Å². The molecule has 0 radical (unpaired) electrons. The smallest absolute Gasteiger partial charge is 0.336 e. The molecular formula is C25H22Cl3N3O2S. The normalized spacial score (nSPS) is 14.7. The first-order chi connectivity index (χ1) is 16.4. The minimum Gasteiger partial charge on any atom is -0.423 e. The lowest BCUT2D eigenvalue weighted by Crippen LogP contribution is -2.15. The summed E-state index contributed by atoms with van der Waals surface area (Å²) in [7, 11) is 0. The molecule has 5 nitrogen and oxygen atoms in total. The van der Waals surface area contributed by atoms with E-state index in [-0.39, 0.29) is 5.63 Å². The standard InChI is InChI=1S/C25H22Cl3N3O2S/c1-14-9-22-19(12-20(14)27)15(10-23(32)33-22)13-34-25-30-29-24(18-8-7-16(26)11-21(18)28)31(25)17-5-3-2-4-6-17/h7-12,17H,2-6,13H2,1H3. The summed E-state index contributed by atoms with van der Waals surface area (Å²) in [6.45, 7) is 1.89. The van der Waals surface area contributed by atoms with E-state index >= 15 is 0 Å². The first-order valence-corrected chi connectivity index (χ1v) is 13.3. The largest absolute Gasteiger partial charge is 0.423 e. The summed E-state index contributed by atoms with van der Waals surface area (Å²) in [5.41, 5.74) is 2.68. The van der Waals surface area contributed by atoms with Crippen LogP contribution in [0.3, 0.4) is 0 Å². The van der Waals surface area contributed by atoms with Gasteiger partial charge in [0.2, 0.25) is 0 Å². The molecule has 1 aliphatic carbocycles. The van der Waals surface area contributed by atoms with Crippen LogP contribution in [0.15, 0.2) is 50.8 Å². The number of rotatable bonds is 5. The van der Waals surface area contributed by atoms with E-state index in [1.54, 1.807) is 23.9 Å². The first-order valence-electron chi connectivity index (χ1n) is 11.2. The van der Waals surface area contributed by atoms with Crippen LogP contribution in [0.1, 0.15) is 49.3 Å². The Balaban J connectivity index is 1.54. The Morgan fingerprint density at radius 1 is 1.03 bits per heavy atom. The lowest BCUT2D eigenvalue weighted by atomic mass is 9.95. The maximum absolute atomic E-state index is 12.2. The SMILES string of the molecule is Cc1cc2oc(=O)cc(CSc3nnc(-c4ccc(Cl)cc4Cl)n3C3CCCCC3)c2cc1Cl. The first kappa shape index (κ1) is 23.7. The molecule has 2 heterocycles. The molecule has 0 bridgehead atoms. The van der Waals surface area contributed by atoms with Crippen molar-refractivity contribution in [3.63, 3.8) is 0 Å². The molecule has 1 saturated carbocycles. The van der Waals surface area contributed by atoms with Crippen LogP contribution >= 0.6 is 46.6 Å². The van der Waals surface area contributed by atoms with Crippen molar-refractivity contribution in [1.82, 2.24) is 14.8 Å². The second kappa shape index (κ2) is 9.94. The van der Waals surface area contributed by atoms with Gasteiger partial charge < -0.3 is 4.42 Å². The highest BCUT2D eigenvalue weighted by molar-refractivity contribution is 7.98. The molecule has 1 fully saturated rings. The van der Waals surface area contributed by atoms with Crippen molar-refractivity contribution in [3.8, 4) is 11.4 Å². The molecule has 1 aliphatic rings. The Labute approximate surface area is 216 Å². The number of halogens is 3. The van der Waals surface area contributed by atoms with Crippen LogP contribution in [-0.2, 0) is 5.75 Å². The minimum atomic E-state index is -0.382. The zero-order valence-corrected chi connectivity index (χ0v) is 21.6. The van der Waals surface area contributed by atoms with Crippen LogP contribution < -0.4 is 5.63 Å². The number of fused-ring (bicyclic) bond motifs is 1. The van der Waals surface area contributed by atoms with Crippen LogP contribution in [0, 0.1) is 6.92 Å². The second-order valence-electron chi connectivity index (χ2n) is 8.57. The number of hydrogen-bond acceptors (Lipinski definition) is 5. The van der Waals surface area contributed by atoms with Crippen LogP contribution in [0.4, 0.5) is 0 Å². The molecule has 2 aromatic heterocycles. The summed E-state index contributed by atoms with van der Waals surface area (Å²) in [4.78, 5) is 12.2. The maximum Gasteiger partial charge on any atom is 0.336 e. The van der Waals surface area contributed by atoms with Crippen molar-refractivity contribution in [3.05, 3.63) is 73.0 Å². The van der Waals surface area contributed by atoms with Crippen LogP contribution in [0.2, 0.25) is 15.1 Å². The molecule has 34 heavy (non-hydrogen) atoms. The van der Waals surface area contributed by atoms with Crippen molar-refractivity contribution >= 4 is 57.5 Å². The highest BCUT2D eigenvalue weighted by Gasteiger charge is 2.25. The van der Waals surface area contributed by atoms with Gasteiger partial charge in [-0.1, -0.05) is 65.8 Å². The Bertz CT molecular complexity index is 1430. The fraction of sp³-hybridized carbons (Fsp3) is 0.320. The zero-order chi connectivity index (χ0) is 23.8. The van der Waals surface area contributed by atoms with E-state index in [1.807, 2.05) is 25.1 Å². The molecule has 9 heteroatoms. The number of thioether (sulfide) groups is 1. The Morgan fingerprint density at radius 2 is 1.82 bits per heavy atom. The monoisotopic (exact) mass is 533 g/mol. The fourth-order valence-corrected chi connectivity index (χ4v) is 6.16. The number of hydrogen-bond donors (Lipinski definition) is 0. The van der Waals surface area contributed by atoms with E-state index in [0.29, 0.717) is 32.4 Å². The number of benzene rings is 2. The van der Waals surface area contributed by atoms with E-state index in [1.165, 1.54) is 25.3 Å². The summed E-state index contributed by atoms with van der Waals surface area (Å²) in [6, 6.07) is 10.9. The minimum absolute atomic E-state index is 0.294. The molecule has 5 rings (SSSR count). The quantitative estimate of drug-likeness (QED) is 0.191. The Hall–Kier alpha value is -1.99. The van der Waals surface area contributed by atoms with Crippen molar-refractivity contribution in [2.24, 2.45) is 0 Å². The lowest BCUT2D eigenvalue weighted by Gasteiger charge is -2.26. The summed E-state index contributed by atoms with van der Waals surface area (Å²) < 4.78 is 7.62. The summed E-state index contributed by atoms with van der Waals surface area (Å²) in [6.07, 6.45) is 5.71.